The molecule has 1 aliphatic heterocycles. The summed E-state index contributed by atoms with van der Waals surface area (Å²) in [5.41, 5.74) is 4.04. The maximum Gasteiger partial charge on any atom is 0.156 e. The number of H-pyrrole nitrogens is 1. The molecular weight excluding hydrogens is 288 g/mol. The molecule has 23 heavy (non-hydrogen) atoms. The van der Waals surface area contributed by atoms with Gasteiger partial charge in [-0.05, 0) is 31.4 Å². The lowest BCUT2D eigenvalue weighted by Gasteiger charge is -2.31. The van der Waals surface area contributed by atoms with Crippen LogP contribution in [0.4, 0.5) is 5.82 Å². The van der Waals surface area contributed by atoms with Crippen LogP contribution in [-0.4, -0.2) is 39.3 Å². The fourth-order valence-electron chi connectivity index (χ4n) is 3.26. The van der Waals surface area contributed by atoms with Crippen LogP contribution in [0.3, 0.4) is 0 Å². The van der Waals surface area contributed by atoms with Crippen molar-refractivity contribution in [1.29, 1.82) is 0 Å². The number of aliphatic hydroxyl groups excluding tert-OH is 1. The molecular formula is C18H20N4O. The summed E-state index contributed by atoms with van der Waals surface area (Å²) < 4.78 is 0. The third-order valence-corrected chi connectivity index (χ3v) is 4.35. The summed E-state index contributed by atoms with van der Waals surface area (Å²) in [7, 11) is 0. The highest BCUT2D eigenvalue weighted by Crippen LogP contribution is 2.30. The molecule has 3 heterocycles. The van der Waals surface area contributed by atoms with Gasteiger partial charge in [-0.1, -0.05) is 30.3 Å². The van der Waals surface area contributed by atoms with E-state index in [4.69, 9.17) is 0 Å². The standard InChI is InChI=1S/C18H20N4O/c1-12-19-16-10-15(13-6-3-2-4-7-13)21-17(16)18(20-12)22-9-5-8-14(23)11-22/h2-4,6-7,10,14,21,23H,5,8-9,11H2,1H3. The molecule has 0 aliphatic carbocycles. The number of nitrogens with one attached hydrogen (secondary N) is 1. The first-order valence-corrected chi connectivity index (χ1v) is 8.06. The molecule has 0 saturated carbocycles. The molecule has 1 aromatic carbocycles. The predicted octanol–water partition coefficient (Wildman–Crippen LogP) is 2.89. The van der Waals surface area contributed by atoms with E-state index < -0.39 is 0 Å². The second kappa shape index (κ2) is 5.66. The minimum atomic E-state index is -0.280. The monoisotopic (exact) mass is 308 g/mol. The number of aryl methyl sites for hydroxylation is 1. The number of aromatic amines is 1. The fraction of sp³-hybridized carbons (Fsp3) is 0.333. The number of rotatable bonds is 2. The Kier molecular flexibility index (Phi) is 3.50. The van der Waals surface area contributed by atoms with Crippen LogP contribution in [0.15, 0.2) is 36.4 Å². The summed E-state index contributed by atoms with van der Waals surface area (Å²) >= 11 is 0. The van der Waals surface area contributed by atoms with Crippen molar-refractivity contribution in [2.75, 3.05) is 18.0 Å². The molecule has 118 valence electrons. The zero-order valence-corrected chi connectivity index (χ0v) is 13.2. The van der Waals surface area contributed by atoms with E-state index in [0.29, 0.717) is 6.54 Å². The molecule has 2 N–H and O–H groups in total. The number of β-amino-alcohol motifs (C(OH)–C–C–N with tert-alkyl or cyclic N) is 1. The number of hydrogen-bond acceptors (Lipinski definition) is 4. The van der Waals surface area contributed by atoms with Crippen LogP contribution in [0, 0.1) is 6.92 Å². The highest BCUT2D eigenvalue weighted by atomic mass is 16.3. The van der Waals surface area contributed by atoms with Gasteiger partial charge in [0.05, 0.1) is 11.6 Å². The number of piperidine rings is 1. The average molecular weight is 308 g/mol. The van der Waals surface area contributed by atoms with E-state index in [9.17, 15) is 5.11 Å². The minimum absolute atomic E-state index is 0.280. The molecule has 3 aromatic rings. The Hall–Kier alpha value is -2.40. The van der Waals surface area contributed by atoms with Crippen LogP contribution in [-0.2, 0) is 0 Å². The van der Waals surface area contributed by atoms with Crippen LogP contribution in [0.25, 0.3) is 22.3 Å². The van der Waals surface area contributed by atoms with E-state index in [1.807, 2.05) is 25.1 Å². The molecule has 1 atom stereocenters. The van der Waals surface area contributed by atoms with Gasteiger partial charge < -0.3 is 15.0 Å². The molecule has 1 saturated heterocycles. The molecule has 1 fully saturated rings. The number of anilines is 1. The van der Waals surface area contributed by atoms with Crippen molar-refractivity contribution in [1.82, 2.24) is 15.0 Å². The summed E-state index contributed by atoms with van der Waals surface area (Å²) in [5, 5.41) is 9.97. The molecule has 2 aromatic heterocycles. The van der Waals surface area contributed by atoms with Crippen molar-refractivity contribution >= 4 is 16.9 Å². The van der Waals surface area contributed by atoms with Gasteiger partial charge in [0.1, 0.15) is 11.3 Å². The van der Waals surface area contributed by atoms with Gasteiger partial charge in [0.2, 0.25) is 0 Å². The average Bonchev–Trinajstić information content (AvgIpc) is 2.98. The van der Waals surface area contributed by atoms with Gasteiger partial charge in [-0.15, -0.1) is 0 Å². The largest absolute Gasteiger partial charge is 0.391 e. The highest BCUT2D eigenvalue weighted by Gasteiger charge is 2.22. The van der Waals surface area contributed by atoms with Gasteiger partial charge in [0.25, 0.3) is 0 Å². The molecule has 0 radical (unpaired) electrons. The van der Waals surface area contributed by atoms with E-state index >= 15 is 0 Å². The van der Waals surface area contributed by atoms with Crippen molar-refractivity contribution in [2.45, 2.75) is 25.9 Å². The Morgan fingerprint density at radius 2 is 2.04 bits per heavy atom. The van der Waals surface area contributed by atoms with Crippen LogP contribution in [0.5, 0.6) is 0 Å². The van der Waals surface area contributed by atoms with E-state index in [0.717, 1.165) is 53.3 Å². The van der Waals surface area contributed by atoms with E-state index in [2.05, 4.69) is 38.1 Å². The summed E-state index contributed by atoms with van der Waals surface area (Å²) in [5.74, 6) is 1.65. The third-order valence-electron chi connectivity index (χ3n) is 4.35. The van der Waals surface area contributed by atoms with Crippen LogP contribution in [0.1, 0.15) is 18.7 Å². The summed E-state index contributed by atoms with van der Waals surface area (Å²) in [4.78, 5) is 14.8. The summed E-state index contributed by atoms with van der Waals surface area (Å²) in [6.07, 6.45) is 1.57. The zero-order chi connectivity index (χ0) is 15.8. The second-order valence-corrected chi connectivity index (χ2v) is 6.15. The number of hydrogen-bond donors (Lipinski definition) is 2. The molecule has 0 amide bonds. The molecule has 5 nitrogen and oxygen atoms in total. The van der Waals surface area contributed by atoms with Crippen molar-refractivity contribution in [3.63, 3.8) is 0 Å². The molecule has 0 bridgehead atoms. The van der Waals surface area contributed by atoms with Crippen molar-refractivity contribution in [3.05, 3.63) is 42.2 Å². The van der Waals surface area contributed by atoms with Crippen molar-refractivity contribution in [3.8, 4) is 11.3 Å². The number of nitrogens with zero attached hydrogens (tertiary/aromatic N) is 3. The SMILES string of the molecule is Cc1nc(N2CCCC(O)C2)c2[nH]c(-c3ccccc3)cc2n1. The second-order valence-electron chi connectivity index (χ2n) is 6.15. The minimum Gasteiger partial charge on any atom is -0.391 e. The molecule has 4 rings (SSSR count). The van der Waals surface area contributed by atoms with Gasteiger partial charge >= 0.3 is 0 Å². The number of benzene rings is 1. The van der Waals surface area contributed by atoms with Crippen molar-refractivity contribution < 1.29 is 5.11 Å². The topological polar surface area (TPSA) is 65.0 Å². The fourth-order valence-corrected chi connectivity index (χ4v) is 3.26. The van der Waals surface area contributed by atoms with E-state index in [-0.39, 0.29) is 6.10 Å². The lowest BCUT2D eigenvalue weighted by Crippen LogP contribution is -2.39. The van der Waals surface area contributed by atoms with Crippen LogP contribution in [0.2, 0.25) is 0 Å². The Labute approximate surface area is 135 Å². The van der Waals surface area contributed by atoms with Crippen LogP contribution >= 0.6 is 0 Å². The quantitative estimate of drug-likeness (QED) is 0.764. The zero-order valence-electron chi connectivity index (χ0n) is 13.2. The Morgan fingerprint density at radius 1 is 1.22 bits per heavy atom. The van der Waals surface area contributed by atoms with Gasteiger partial charge in [0, 0.05) is 18.8 Å². The normalized spacial score (nSPS) is 18.5. The number of aromatic nitrogens is 3. The maximum absolute atomic E-state index is 9.97. The van der Waals surface area contributed by atoms with Crippen LogP contribution < -0.4 is 4.90 Å². The molecule has 1 unspecified atom stereocenters. The summed E-state index contributed by atoms with van der Waals surface area (Å²) in [6.45, 7) is 3.46. The Morgan fingerprint density at radius 3 is 2.83 bits per heavy atom. The Bertz CT molecular complexity index is 828. The van der Waals surface area contributed by atoms with Crippen molar-refractivity contribution in [2.24, 2.45) is 0 Å². The number of fused-ring (bicyclic) bond motifs is 1. The van der Waals surface area contributed by atoms with E-state index in [1.165, 1.54) is 0 Å². The summed E-state index contributed by atoms with van der Waals surface area (Å²) in [6, 6.07) is 12.3. The highest BCUT2D eigenvalue weighted by molar-refractivity contribution is 5.90. The predicted molar refractivity (Wildman–Crippen MR) is 91.5 cm³/mol. The first kappa shape index (κ1) is 14.2. The van der Waals surface area contributed by atoms with Gasteiger partial charge in [0.15, 0.2) is 5.82 Å². The lowest BCUT2D eigenvalue weighted by atomic mass is 10.1. The smallest absolute Gasteiger partial charge is 0.156 e. The van der Waals surface area contributed by atoms with Gasteiger partial charge in [-0.25, -0.2) is 9.97 Å². The molecule has 1 aliphatic rings. The molecule has 5 heteroatoms. The van der Waals surface area contributed by atoms with E-state index in [1.54, 1.807) is 0 Å². The van der Waals surface area contributed by atoms with Gasteiger partial charge in [-0.3, -0.25) is 0 Å². The third kappa shape index (κ3) is 2.68. The Balaban J connectivity index is 1.82. The first-order valence-electron chi connectivity index (χ1n) is 8.06. The number of aliphatic hydroxyl groups is 1. The van der Waals surface area contributed by atoms with Gasteiger partial charge in [-0.2, -0.15) is 0 Å². The molecule has 0 spiro atoms. The maximum atomic E-state index is 9.97. The lowest BCUT2D eigenvalue weighted by molar-refractivity contribution is 0.154. The first-order chi connectivity index (χ1) is 11.2.